The molecule has 3 atom stereocenters. The minimum absolute atomic E-state index is 0.0577. The molecule has 0 radical (unpaired) electrons. The molecule has 1 aromatic carbocycles. The molecule has 0 spiro atoms. The molecule has 3 unspecified atom stereocenters. The van der Waals surface area contributed by atoms with Crippen molar-refractivity contribution in [1.82, 2.24) is 10.3 Å². The predicted molar refractivity (Wildman–Crippen MR) is 120 cm³/mol. The fraction of sp³-hybridized carbons (Fsp3) is 0.348. The van der Waals surface area contributed by atoms with Gasteiger partial charge in [0.1, 0.15) is 34.7 Å². The Morgan fingerprint density at radius 2 is 1.94 bits per heavy atom. The third-order valence-corrected chi connectivity index (χ3v) is 5.66. The summed E-state index contributed by atoms with van der Waals surface area (Å²) < 4.78 is 77.0. The first-order valence-electron chi connectivity index (χ1n) is 10.4. The van der Waals surface area contributed by atoms with Gasteiger partial charge in [-0.25, -0.2) is 13.8 Å². The second-order valence-corrected chi connectivity index (χ2v) is 8.28. The van der Waals surface area contributed by atoms with Crippen molar-refractivity contribution in [2.45, 2.75) is 37.4 Å². The molecule has 35 heavy (non-hydrogen) atoms. The smallest absolute Gasteiger partial charge is 0.417 e. The van der Waals surface area contributed by atoms with Gasteiger partial charge in [0, 0.05) is 24.5 Å². The first-order valence-corrected chi connectivity index (χ1v) is 11.3. The molecule has 5 nitrogen and oxygen atoms in total. The van der Waals surface area contributed by atoms with E-state index in [-0.39, 0.29) is 23.4 Å². The first kappa shape index (κ1) is 27.2. The van der Waals surface area contributed by atoms with Crippen LogP contribution in [0.15, 0.2) is 54.4 Å². The van der Waals surface area contributed by atoms with E-state index in [4.69, 9.17) is 32.7 Å². The minimum Gasteiger partial charge on any atom is -0.494 e. The minimum atomic E-state index is -4.56. The van der Waals surface area contributed by atoms with E-state index in [1.54, 1.807) is 18.2 Å². The summed E-state index contributed by atoms with van der Waals surface area (Å²) in [6.45, 7) is 0.185. The number of alkyl halides is 4. The molecular weight excluding hydrogens is 518 g/mol. The van der Waals surface area contributed by atoms with E-state index in [1.807, 2.05) is 0 Å². The van der Waals surface area contributed by atoms with Crippen molar-refractivity contribution < 1.29 is 36.5 Å². The van der Waals surface area contributed by atoms with Gasteiger partial charge in [0.05, 0.1) is 17.7 Å². The maximum absolute atomic E-state index is 13.8. The lowest BCUT2D eigenvalue weighted by molar-refractivity contribution is -0.137. The van der Waals surface area contributed by atoms with Crippen molar-refractivity contribution in [3.05, 3.63) is 82.2 Å². The highest BCUT2D eigenvalue weighted by Gasteiger charge is 2.32. The SMILES string of the molecule is OC(NC(CCl)CCOC1=CCC(Oc2ncc(C(F)(F)F)cc2Cl)C=C1)c1c(F)cccc1F. The topological polar surface area (TPSA) is 63.6 Å². The van der Waals surface area contributed by atoms with Crippen LogP contribution in [0.1, 0.15) is 30.2 Å². The van der Waals surface area contributed by atoms with E-state index in [1.165, 1.54) is 6.07 Å². The number of allylic oxidation sites excluding steroid dienone is 1. The molecule has 2 N–H and O–H groups in total. The van der Waals surface area contributed by atoms with Gasteiger partial charge in [-0.15, -0.1) is 11.6 Å². The molecule has 0 saturated carbocycles. The normalized spacial score (nSPS) is 17.6. The summed E-state index contributed by atoms with van der Waals surface area (Å²) in [7, 11) is 0. The lowest BCUT2D eigenvalue weighted by Crippen LogP contribution is -2.36. The van der Waals surface area contributed by atoms with Crippen LogP contribution in [0, 0.1) is 11.6 Å². The standard InChI is InChI=1S/C23H21Cl2F5N2O3/c24-11-14(32-21(33)20-18(26)2-1-3-19(20)27)8-9-34-15-4-6-16(7-5-15)35-22-17(25)10-13(12-31-22)23(28,29)30/h1-6,10,12,14,16,21,32-33H,7-9,11H2. The van der Waals surface area contributed by atoms with Gasteiger partial charge >= 0.3 is 6.18 Å². The number of halogens is 7. The zero-order valence-electron chi connectivity index (χ0n) is 18.0. The number of hydrogen-bond donors (Lipinski definition) is 2. The predicted octanol–water partition coefficient (Wildman–Crippen LogP) is 5.92. The van der Waals surface area contributed by atoms with Gasteiger partial charge in [0.2, 0.25) is 5.88 Å². The van der Waals surface area contributed by atoms with Crippen molar-refractivity contribution in [1.29, 1.82) is 0 Å². The van der Waals surface area contributed by atoms with E-state index in [9.17, 15) is 27.1 Å². The number of rotatable bonds is 10. The molecule has 0 aliphatic heterocycles. The van der Waals surface area contributed by atoms with E-state index in [0.717, 1.165) is 18.2 Å². The lowest BCUT2D eigenvalue weighted by atomic mass is 10.1. The number of aliphatic hydroxyl groups excluding tert-OH is 1. The fourth-order valence-electron chi connectivity index (χ4n) is 3.19. The summed E-state index contributed by atoms with van der Waals surface area (Å²) in [6.07, 6.45) is -0.332. The summed E-state index contributed by atoms with van der Waals surface area (Å²) in [6, 6.07) is 3.54. The number of nitrogens with one attached hydrogen (secondary N) is 1. The zero-order valence-corrected chi connectivity index (χ0v) is 19.5. The highest BCUT2D eigenvalue weighted by Crippen LogP contribution is 2.34. The zero-order chi connectivity index (χ0) is 25.6. The van der Waals surface area contributed by atoms with E-state index < -0.39 is 47.3 Å². The number of benzene rings is 1. The molecule has 1 heterocycles. The Labute approximate surface area is 208 Å². The van der Waals surface area contributed by atoms with E-state index in [0.29, 0.717) is 24.8 Å². The van der Waals surface area contributed by atoms with Crippen LogP contribution in [0.4, 0.5) is 22.0 Å². The lowest BCUT2D eigenvalue weighted by Gasteiger charge is -2.22. The van der Waals surface area contributed by atoms with Crippen molar-refractivity contribution in [3.63, 3.8) is 0 Å². The number of hydrogen-bond acceptors (Lipinski definition) is 5. The Morgan fingerprint density at radius 3 is 2.51 bits per heavy atom. The van der Waals surface area contributed by atoms with Crippen LogP contribution in [0.2, 0.25) is 5.02 Å². The van der Waals surface area contributed by atoms with Crippen LogP contribution in [0.25, 0.3) is 0 Å². The summed E-state index contributed by atoms with van der Waals surface area (Å²) in [4.78, 5) is 3.65. The quantitative estimate of drug-likeness (QED) is 0.223. The Morgan fingerprint density at radius 1 is 1.23 bits per heavy atom. The van der Waals surface area contributed by atoms with Crippen LogP contribution in [-0.4, -0.2) is 34.7 Å². The van der Waals surface area contributed by atoms with Crippen molar-refractivity contribution in [3.8, 4) is 5.88 Å². The van der Waals surface area contributed by atoms with E-state index in [2.05, 4.69) is 10.3 Å². The van der Waals surface area contributed by atoms with Crippen molar-refractivity contribution >= 4 is 23.2 Å². The molecule has 1 aliphatic rings. The molecular formula is C23H21Cl2F5N2O3. The molecule has 12 heteroatoms. The Balaban J connectivity index is 1.46. The second kappa shape index (κ2) is 12.0. The molecule has 0 bridgehead atoms. The van der Waals surface area contributed by atoms with Gasteiger partial charge in [0.15, 0.2) is 0 Å². The van der Waals surface area contributed by atoms with Gasteiger partial charge in [-0.1, -0.05) is 17.7 Å². The van der Waals surface area contributed by atoms with Gasteiger partial charge in [-0.05, 0) is 42.8 Å². The largest absolute Gasteiger partial charge is 0.494 e. The van der Waals surface area contributed by atoms with Crippen LogP contribution in [-0.2, 0) is 10.9 Å². The summed E-state index contributed by atoms with van der Waals surface area (Å²) in [5.41, 5.74) is -1.46. The highest BCUT2D eigenvalue weighted by atomic mass is 35.5. The van der Waals surface area contributed by atoms with Gasteiger partial charge in [-0.2, -0.15) is 13.2 Å². The monoisotopic (exact) mass is 538 g/mol. The molecule has 0 amide bonds. The first-order chi connectivity index (χ1) is 16.6. The Kier molecular flexibility index (Phi) is 9.34. The van der Waals surface area contributed by atoms with Crippen LogP contribution in [0.5, 0.6) is 5.88 Å². The number of aliphatic hydroxyl groups is 1. The molecule has 2 aromatic rings. The molecule has 0 saturated heterocycles. The highest BCUT2D eigenvalue weighted by molar-refractivity contribution is 6.31. The third-order valence-electron chi connectivity index (χ3n) is 5.01. The maximum Gasteiger partial charge on any atom is 0.417 e. The average Bonchev–Trinajstić information content (AvgIpc) is 2.80. The summed E-state index contributed by atoms with van der Waals surface area (Å²) >= 11 is 11.8. The molecule has 1 aliphatic carbocycles. The second-order valence-electron chi connectivity index (χ2n) is 7.56. The number of pyridine rings is 1. The summed E-state index contributed by atoms with van der Waals surface area (Å²) in [5.74, 6) is -1.30. The van der Waals surface area contributed by atoms with Gasteiger partial charge in [0.25, 0.3) is 0 Å². The molecule has 1 aromatic heterocycles. The number of nitrogens with zero attached hydrogens (tertiary/aromatic N) is 1. The molecule has 3 rings (SSSR count). The van der Waals surface area contributed by atoms with Gasteiger partial charge < -0.3 is 14.6 Å². The van der Waals surface area contributed by atoms with Gasteiger partial charge in [-0.3, -0.25) is 5.32 Å². The van der Waals surface area contributed by atoms with E-state index >= 15 is 0 Å². The third kappa shape index (κ3) is 7.54. The van der Waals surface area contributed by atoms with Crippen molar-refractivity contribution in [2.75, 3.05) is 12.5 Å². The molecule has 0 fully saturated rings. The summed E-state index contributed by atoms with van der Waals surface area (Å²) in [5, 5.41) is 12.6. The Bertz CT molecular complexity index is 1060. The van der Waals surface area contributed by atoms with Crippen LogP contribution in [0.3, 0.4) is 0 Å². The van der Waals surface area contributed by atoms with Crippen molar-refractivity contribution in [2.24, 2.45) is 0 Å². The molecule has 190 valence electrons. The number of aromatic nitrogens is 1. The average molecular weight is 539 g/mol. The van der Waals surface area contributed by atoms with Crippen LogP contribution < -0.4 is 10.1 Å². The number of ether oxygens (including phenoxy) is 2. The van der Waals surface area contributed by atoms with Crippen LogP contribution >= 0.6 is 23.2 Å². The Hall–Kier alpha value is -2.40. The maximum atomic E-state index is 13.8. The fourth-order valence-corrected chi connectivity index (χ4v) is 3.64.